The molecule has 0 aliphatic carbocycles. The van der Waals surface area contributed by atoms with Crippen molar-refractivity contribution in [3.63, 3.8) is 0 Å². The monoisotopic (exact) mass is 290 g/mol. The average Bonchev–Trinajstić information content (AvgIpc) is 2.51. The van der Waals surface area contributed by atoms with Crippen LogP contribution in [0.25, 0.3) is 0 Å². The molecule has 0 aromatic heterocycles. The van der Waals surface area contributed by atoms with Gasteiger partial charge < -0.3 is 15.0 Å². The molecule has 1 aliphatic rings. The summed E-state index contributed by atoms with van der Waals surface area (Å²) in [5.41, 5.74) is 2.54. The molecular weight excluding hydrogens is 260 g/mol. The van der Waals surface area contributed by atoms with E-state index >= 15 is 0 Å². The number of hydrogen-bond acceptors (Lipinski definition) is 3. The Morgan fingerprint density at radius 1 is 1.38 bits per heavy atom. The van der Waals surface area contributed by atoms with Crippen LogP contribution in [-0.2, 0) is 6.42 Å². The molecule has 0 saturated heterocycles. The van der Waals surface area contributed by atoms with Crippen LogP contribution in [0.5, 0.6) is 5.75 Å². The maximum Gasteiger partial charge on any atom is 0.142 e. The van der Waals surface area contributed by atoms with Gasteiger partial charge in [0.1, 0.15) is 11.9 Å². The second-order valence-corrected chi connectivity index (χ2v) is 6.25. The van der Waals surface area contributed by atoms with Gasteiger partial charge in [-0.05, 0) is 57.5 Å². The number of nitrogens with one attached hydrogen (secondary N) is 1. The minimum atomic E-state index is 0.308. The Morgan fingerprint density at radius 3 is 2.90 bits per heavy atom. The van der Waals surface area contributed by atoms with Gasteiger partial charge in [-0.1, -0.05) is 26.3 Å². The molecule has 0 bridgehead atoms. The highest BCUT2D eigenvalue weighted by Gasteiger charge is 2.18. The maximum atomic E-state index is 5.97. The quantitative estimate of drug-likeness (QED) is 0.823. The van der Waals surface area contributed by atoms with Crippen LogP contribution < -0.4 is 10.1 Å². The second kappa shape index (κ2) is 7.69. The van der Waals surface area contributed by atoms with Crippen molar-refractivity contribution in [2.24, 2.45) is 0 Å². The van der Waals surface area contributed by atoms with E-state index in [2.05, 4.69) is 56.2 Å². The summed E-state index contributed by atoms with van der Waals surface area (Å²) in [6, 6.07) is 7.16. The number of hydrogen-bond donors (Lipinski definition) is 1. The predicted octanol–water partition coefficient (Wildman–Crippen LogP) is 3.93. The van der Waals surface area contributed by atoms with Gasteiger partial charge in [0.25, 0.3) is 0 Å². The fourth-order valence-corrected chi connectivity index (χ4v) is 2.74. The van der Waals surface area contributed by atoms with Crippen LogP contribution in [0.3, 0.4) is 0 Å². The number of nitrogens with zero attached hydrogens (tertiary/aromatic N) is 1. The van der Waals surface area contributed by atoms with E-state index in [1.165, 1.54) is 24.9 Å². The normalized spacial score (nSPS) is 18.8. The SMILES string of the molecule is CCCCN(C)C(C)Cc1ccc2c(c1)NCC(CC)O2. The van der Waals surface area contributed by atoms with Crippen LogP contribution in [0.1, 0.15) is 45.6 Å². The van der Waals surface area contributed by atoms with Gasteiger partial charge in [0.15, 0.2) is 0 Å². The van der Waals surface area contributed by atoms with Gasteiger partial charge in [-0.3, -0.25) is 0 Å². The van der Waals surface area contributed by atoms with Gasteiger partial charge in [0, 0.05) is 6.04 Å². The first-order valence-corrected chi connectivity index (χ1v) is 8.37. The van der Waals surface area contributed by atoms with Crippen LogP contribution in [0.15, 0.2) is 18.2 Å². The lowest BCUT2D eigenvalue weighted by Gasteiger charge is -2.28. The Bertz CT molecular complexity index is 447. The molecule has 0 saturated carbocycles. The first kappa shape index (κ1) is 16.2. The molecule has 1 N–H and O–H groups in total. The first-order valence-electron chi connectivity index (χ1n) is 8.37. The largest absolute Gasteiger partial charge is 0.486 e. The van der Waals surface area contributed by atoms with Crippen molar-refractivity contribution in [2.45, 2.75) is 58.6 Å². The van der Waals surface area contributed by atoms with Crippen LogP contribution >= 0.6 is 0 Å². The maximum absolute atomic E-state index is 5.97. The number of benzene rings is 1. The molecule has 1 heterocycles. The lowest BCUT2D eigenvalue weighted by Crippen LogP contribution is -2.32. The third-order valence-corrected chi connectivity index (χ3v) is 4.46. The van der Waals surface area contributed by atoms with E-state index in [1.807, 2.05) is 0 Å². The standard InChI is InChI=1S/C18H30N2O/c1-5-7-10-20(4)14(3)11-15-8-9-18-17(12-15)19-13-16(6-2)21-18/h8-9,12,14,16,19H,5-7,10-11,13H2,1-4H3. The van der Waals surface area contributed by atoms with Crippen molar-refractivity contribution in [3.05, 3.63) is 23.8 Å². The Morgan fingerprint density at radius 2 is 2.19 bits per heavy atom. The zero-order valence-electron chi connectivity index (χ0n) is 14.0. The van der Waals surface area contributed by atoms with Gasteiger partial charge in [0.2, 0.25) is 0 Å². The number of fused-ring (bicyclic) bond motifs is 1. The molecule has 1 aromatic carbocycles. The summed E-state index contributed by atoms with van der Waals surface area (Å²) in [4.78, 5) is 2.46. The molecule has 21 heavy (non-hydrogen) atoms. The first-order chi connectivity index (χ1) is 10.1. The lowest BCUT2D eigenvalue weighted by molar-refractivity contribution is 0.201. The molecule has 3 heteroatoms. The molecule has 0 radical (unpaired) electrons. The van der Waals surface area contributed by atoms with Crippen LogP contribution in [0, 0.1) is 0 Å². The fraction of sp³-hybridized carbons (Fsp3) is 0.667. The van der Waals surface area contributed by atoms with Crippen molar-refractivity contribution in [1.82, 2.24) is 4.90 Å². The van der Waals surface area contributed by atoms with E-state index in [0.29, 0.717) is 12.1 Å². The molecular formula is C18H30N2O. The summed E-state index contributed by atoms with van der Waals surface area (Å²) in [6.45, 7) is 8.82. The number of unbranched alkanes of at least 4 members (excludes halogenated alkanes) is 1. The van der Waals surface area contributed by atoms with E-state index in [9.17, 15) is 0 Å². The smallest absolute Gasteiger partial charge is 0.142 e. The van der Waals surface area contributed by atoms with E-state index in [1.54, 1.807) is 0 Å². The highest BCUT2D eigenvalue weighted by Crippen LogP contribution is 2.31. The third kappa shape index (κ3) is 4.37. The molecule has 0 spiro atoms. The molecule has 2 rings (SSSR count). The van der Waals surface area contributed by atoms with Crippen molar-refractivity contribution in [3.8, 4) is 5.75 Å². The Labute approximate surface area is 129 Å². The van der Waals surface area contributed by atoms with Crippen molar-refractivity contribution in [2.75, 3.05) is 25.5 Å². The van der Waals surface area contributed by atoms with E-state index < -0.39 is 0 Å². The van der Waals surface area contributed by atoms with Gasteiger partial charge in [-0.15, -0.1) is 0 Å². The minimum Gasteiger partial charge on any atom is -0.486 e. The van der Waals surface area contributed by atoms with E-state index in [4.69, 9.17) is 4.74 Å². The summed E-state index contributed by atoms with van der Waals surface area (Å²) < 4.78 is 5.97. The number of likely N-dealkylation sites (N-methyl/N-ethyl adjacent to an activating group) is 1. The fourth-order valence-electron chi connectivity index (χ4n) is 2.74. The zero-order chi connectivity index (χ0) is 15.2. The molecule has 1 aromatic rings. The third-order valence-electron chi connectivity index (χ3n) is 4.46. The molecule has 1 aliphatic heterocycles. The Hall–Kier alpha value is -1.22. The van der Waals surface area contributed by atoms with Crippen LogP contribution in [0.2, 0.25) is 0 Å². The minimum absolute atomic E-state index is 0.308. The summed E-state index contributed by atoms with van der Waals surface area (Å²) in [6.07, 6.45) is 4.98. The van der Waals surface area contributed by atoms with Crippen LogP contribution in [-0.4, -0.2) is 37.2 Å². The van der Waals surface area contributed by atoms with Gasteiger partial charge in [-0.2, -0.15) is 0 Å². The van der Waals surface area contributed by atoms with Gasteiger partial charge in [-0.25, -0.2) is 0 Å². The van der Waals surface area contributed by atoms with Crippen LogP contribution in [0.4, 0.5) is 5.69 Å². The topological polar surface area (TPSA) is 24.5 Å². The molecule has 0 fully saturated rings. The number of anilines is 1. The second-order valence-electron chi connectivity index (χ2n) is 6.25. The van der Waals surface area contributed by atoms with Crippen molar-refractivity contribution in [1.29, 1.82) is 0 Å². The molecule has 2 unspecified atom stereocenters. The summed E-state index contributed by atoms with van der Waals surface area (Å²) >= 11 is 0. The highest BCUT2D eigenvalue weighted by atomic mass is 16.5. The summed E-state index contributed by atoms with van der Waals surface area (Å²) in [7, 11) is 2.23. The Kier molecular flexibility index (Phi) is 5.92. The summed E-state index contributed by atoms with van der Waals surface area (Å²) in [5.74, 6) is 1.00. The van der Waals surface area contributed by atoms with E-state index in [-0.39, 0.29) is 0 Å². The molecule has 118 valence electrons. The van der Waals surface area contributed by atoms with Gasteiger partial charge >= 0.3 is 0 Å². The van der Waals surface area contributed by atoms with E-state index in [0.717, 1.165) is 30.8 Å². The molecule has 0 amide bonds. The van der Waals surface area contributed by atoms with Gasteiger partial charge in [0.05, 0.1) is 12.2 Å². The average molecular weight is 290 g/mol. The lowest BCUT2D eigenvalue weighted by atomic mass is 10.0. The molecule has 3 nitrogen and oxygen atoms in total. The highest BCUT2D eigenvalue weighted by molar-refractivity contribution is 5.59. The summed E-state index contributed by atoms with van der Waals surface area (Å²) in [5, 5.41) is 3.50. The van der Waals surface area contributed by atoms with Crippen molar-refractivity contribution < 1.29 is 4.74 Å². The predicted molar refractivity (Wildman–Crippen MR) is 90.3 cm³/mol. The number of rotatable bonds is 7. The zero-order valence-corrected chi connectivity index (χ0v) is 14.0. The van der Waals surface area contributed by atoms with Crippen molar-refractivity contribution >= 4 is 5.69 Å². The Balaban J connectivity index is 1.96. The number of ether oxygens (including phenoxy) is 1. The molecule has 2 atom stereocenters.